The third kappa shape index (κ3) is 3.91. The lowest BCUT2D eigenvalue weighted by Crippen LogP contribution is -2.39. The number of hydrogen-bond donors (Lipinski definition) is 1. The number of methoxy groups -OCH3 is 1. The molecule has 0 bridgehead atoms. The first-order chi connectivity index (χ1) is 11.6. The Labute approximate surface area is 144 Å². The average Bonchev–Trinajstić information content (AvgIpc) is 3.35. The number of carbonyl (C=O) groups is 2. The maximum atomic E-state index is 12.8. The minimum Gasteiger partial charge on any atom is -0.497 e. The van der Waals surface area contributed by atoms with Crippen molar-refractivity contribution in [3.8, 4) is 5.75 Å². The summed E-state index contributed by atoms with van der Waals surface area (Å²) in [6.07, 6.45) is 1.86. The van der Waals surface area contributed by atoms with E-state index in [2.05, 4.69) is 10.3 Å². The zero-order valence-electron chi connectivity index (χ0n) is 13.6. The number of aromatic nitrogens is 1. The number of amides is 2. The third-order valence-corrected chi connectivity index (χ3v) is 4.62. The molecule has 1 N–H and O–H groups in total. The number of nitrogens with zero attached hydrogens (tertiary/aromatic N) is 2. The Morgan fingerprint density at radius 1 is 1.42 bits per heavy atom. The summed E-state index contributed by atoms with van der Waals surface area (Å²) in [7, 11) is 1.56. The number of carbonyl (C=O) groups excluding carboxylic acids is 2. The van der Waals surface area contributed by atoms with Crippen LogP contribution in [0, 0.1) is 6.92 Å². The Balaban J connectivity index is 1.70. The summed E-state index contributed by atoms with van der Waals surface area (Å²) < 4.78 is 5.17. The van der Waals surface area contributed by atoms with E-state index in [0.717, 1.165) is 18.5 Å². The molecule has 0 unspecified atom stereocenters. The van der Waals surface area contributed by atoms with Crippen molar-refractivity contribution < 1.29 is 14.3 Å². The molecule has 1 heterocycles. The highest BCUT2D eigenvalue weighted by atomic mass is 32.1. The summed E-state index contributed by atoms with van der Waals surface area (Å²) in [6.45, 7) is 1.90. The lowest BCUT2D eigenvalue weighted by atomic mass is 10.2. The van der Waals surface area contributed by atoms with Gasteiger partial charge in [0.25, 0.3) is 5.91 Å². The van der Waals surface area contributed by atoms with Crippen molar-refractivity contribution in [1.82, 2.24) is 9.88 Å². The number of anilines is 1. The second-order valence-corrected chi connectivity index (χ2v) is 6.60. The van der Waals surface area contributed by atoms with Gasteiger partial charge in [-0.05, 0) is 38.0 Å². The Kier molecular flexibility index (Phi) is 4.80. The highest BCUT2D eigenvalue weighted by molar-refractivity contribution is 7.13. The summed E-state index contributed by atoms with van der Waals surface area (Å²) in [5, 5.41) is 5.18. The van der Waals surface area contributed by atoms with Gasteiger partial charge in [-0.1, -0.05) is 6.07 Å². The molecule has 2 aromatic rings. The first-order valence-electron chi connectivity index (χ1n) is 7.74. The SMILES string of the molecule is COc1cccc(C(=O)N(CC(=O)Nc2nc(C)cs2)C2CC2)c1. The number of ether oxygens (including phenoxy) is 1. The van der Waals surface area contributed by atoms with Gasteiger partial charge in [0.05, 0.1) is 12.8 Å². The Morgan fingerprint density at radius 2 is 2.21 bits per heavy atom. The van der Waals surface area contributed by atoms with E-state index in [9.17, 15) is 9.59 Å². The Morgan fingerprint density at radius 3 is 2.83 bits per heavy atom. The number of aryl methyl sites for hydroxylation is 1. The van der Waals surface area contributed by atoms with Gasteiger partial charge in [-0.3, -0.25) is 9.59 Å². The normalized spacial score (nSPS) is 13.4. The van der Waals surface area contributed by atoms with Crippen LogP contribution in [-0.4, -0.2) is 41.4 Å². The van der Waals surface area contributed by atoms with E-state index in [-0.39, 0.29) is 24.4 Å². The molecular weight excluding hydrogens is 326 g/mol. The lowest BCUT2D eigenvalue weighted by molar-refractivity contribution is -0.117. The lowest BCUT2D eigenvalue weighted by Gasteiger charge is -2.22. The van der Waals surface area contributed by atoms with Crippen molar-refractivity contribution in [2.24, 2.45) is 0 Å². The average molecular weight is 345 g/mol. The monoisotopic (exact) mass is 345 g/mol. The maximum absolute atomic E-state index is 12.8. The predicted molar refractivity (Wildman–Crippen MR) is 92.5 cm³/mol. The van der Waals surface area contributed by atoms with Gasteiger partial charge in [-0.25, -0.2) is 4.98 Å². The van der Waals surface area contributed by atoms with Gasteiger partial charge in [-0.2, -0.15) is 0 Å². The summed E-state index contributed by atoms with van der Waals surface area (Å²) in [6, 6.07) is 7.13. The zero-order valence-corrected chi connectivity index (χ0v) is 14.4. The van der Waals surface area contributed by atoms with Gasteiger partial charge in [0.1, 0.15) is 12.3 Å². The highest BCUT2D eigenvalue weighted by Crippen LogP contribution is 2.29. The molecule has 0 atom stereocenters. The summed E-state index contributed by atoms with van der Waals surface area (Å²) in [4.78, 5) is 30.9. The molecule has 1 saturated carbocycles. The van der Waals surface area contributed by atoms with E-state index in [1.165, 1.54) is 11.3 Å². The second kappa shape index (κ2) is 7.00. The fourth-order valence-electron chi connectivity index (χ4n) is 2.40. The van der Waals surface area contributed by atoms with Crippen LogP contribution in [0.1, 0.15) is 28.9 Å². The van der Waals surface area contributed by atoms with Crippen molar-refractivity contribution in [2.45, 2.75) is 25.8 Å². The van der Waals surface area contributed by atoms with E-state index < -0.39 is 0 Å². The van der Waals surface area contributed by atoms with Crippen LogP contribution >= 0.6 is 11.3 Å². The molecule has 1 aromatic heterocycles. The van der Waals surface area contributed by atoms with E-state index in [1.807, 2.05) is 12.3 Å². The Hall–Kier alpha value is -2.41. The largest absolute Gasteiger partial charge is 0.497 e. The Bertz CT molecular complexity index is 755. The molecule has 0 radical (unpaired) electrons. The van der Waals surface area contributed by atoms with Crippen LogP contribution in [0.15, 0.2) is 29.6 Å². The molecule has 1 aliphatic carbocycles. The zero-order chi connectivity index (χ0) is 17.1. The molecule has 1 aliphatic rings. The van der Waals surface area contributed by atoms with E-state index in [4.69, 9.17) is 4.74 Å². The van der Waals surface area contributed by atoms with E-state index >= 15 is 0 Å². The van der Waals surface area contributed by atoms with Crippen LogP contribution in [0.5, 0.6) is 5.75 Å². The van der Waals surface area contributed by atoms with Crippen molar-refractivity contribution >= 4 is 28.3 Å². The van der Waals surface area contributed by atoms with Gasteiger partial charge < -0.3 is 15.0 Å². The fourth-order valence-corrected chi connectivity index (χ4v) is 3.10. The van der Waals surface area contributed by atoms with Crippen molar-refractivity contribution in [3.63, 3.8) is 0 Å². The van der Waals surface area contributed by atoms with Crippen LogP contribution in [0.25, 0.3) is 0 Å². The molecule has 0 spiro atoms. The van der Waals surface area contributed by atoms with Gasteiger partial charge in [0.2, 0.25) is 5.91 Å². The minimum absolute atomic E-state index is 0.0271. The number of benzene rings is 1. The summed E-state index contributed by atoms with van der Waals surface area (Å²) >= 11 is 1.38. The smallest absolute Gasteiger partial charge is 0.254 e. The molecule has 24 heavy (non-hydrogen) atoms. The predicted octanol–water partition coefficient (Wildman–Crippen LogP) is 2.70. The second-order valence-electron chi connectivity index (χ2n) is 5.74. The molecule has 7 heteroatoms. The van der Waals surface area contributed by atoms with Crippen LogP contribution < -0.4 is 10.1 Å². The minimum atomic E-state index is -0.229. The summed E-state index contributed by atoms with van der Waals surface area (Å²) in [5.74, 6) is 0.244. The van der Waals surface area contributed by atoms with E-state index in [1.54, 1.807) is 36.3 Å². The molecule has 0 saturated heterocycles. The number of nitrogens with one attached hydrogen (secondary N) is 1. The molecule has 2 amide bonds. The van der Waals surface area contributed by atoms with Crippen molar-refractivity contribution in [1.29, 1.82) is 0 Å². The number of thiazole rings is 1. The topological polar surface area (TPSA) is 71.5 Å². The fraction of sp³-hybridized carbons (Fsp3) is 0.353. The maximum Gasteiger partial charge on any atom is 0.254 e. The first kappa shape index (κ1) is 16.4. The van der Waals surface area contributed by atoms with Gasteiger partial charge >= 0.3 is 0 Å². The van der Waals surface area contributed by atoms with Crippen molar-refractivity contribution in [2.75, 3.05) is 19.0 Å². The summed E-state index contributed by atoms with van der Waals surface area (Å²) in [5.41, 5.74) is 1.39. The molecule has 1 aromatic carbocycles. The van der Waals surface area contributed by atoms with Gasteiger partial charge in [-0.15, -0.1) is 11.3 Å². The molecule has 1 fully saturated rings. The van der Waals surface area contributed by atoms with Gasteiger partial charge in [0, 0.05) is 17.0 Å². The van der Waals surface area contributed by atoms with Crippen LogP contribution in [0.4, 0.5) is 5.13 Å². The van der Waals surface area contributed by atoms with Crippen LogP contribution in [-0.2, 0) is 4.79 Å². The molecular formula is C17H19N3O3S. The van der Waals surface area contributed by atoms with Crippen LogP contribution in [0.3, 0.4) is 0 Å². The number of rotatable bonds is 6. The van der Waals surface area contributed by atoms with Crippen LogP contribution in [0.2, 0.25) is 0 Å². The first-order valence-corrected chi connectivity index (χ1v) is 8.62. The third-order valence-electron chi connectivity index (χ3n) is 3.74. The van der Waals surface area contributed by atoms with E-state index in [0.29, 0.717) is 16.4 Å². The standard InChI is InChI=1S/C17H19N3O3S/c1-11-10-24-17(18-11)19-15(21)9-20(13-6-7-13)16(22)12-4-3-5-14(8-12)23-2/h3-5,8,10,13H,6-7,9H2,1-2H3,(H,18,19,21). The quantitative estimate of drug-likeness (QED) is 0.874. The molecule has 6 nitrogen and oxygen atoms in total. The molecule has 126 valence electrons. The van der Waals surface area contributed by atoms with Crippen molar-refractivity contribution in [3.05, 3.63) is 40.9 Å². The van der Waals surface area contributed by atoms with Gasteiger partial charge in [0.15, 0.2) is 5.13 Å². The molecule has 3 rings (SSSR count). The number of hydrogen-bond acceptors (Lipinski definition) is 5. The highest BCUT2D eigenvalue weighted by Gasteiger charge is 2.34. The molecule has 0 aliphatic heterocycles.